The summed E-state index contributed by atoms with van der Waals surface area (Å²) < 4.78 is 6.87. The molecular weight excluding hydrogens is 412 g/mol. The zero-order valence-corrected chi connectivity index (χ0v) is 19.3. The summed E-state index contributed by atoms with van der Waals surface area (Å²) in [5, 5.41) is 10.2. The van der Waals surface area contributed by atoms with Gasteiger partial charge >= 0.3 is 5.97 Å². The van der Waals surface area contributed by atoms with Crippen LogP contribution in [0.2, 0.25) is 0 Å². The number of benzene rings is 3. The van der Waals surface area contributed by atoms with E-state index >= 15 is 0 Å². The molecule has 0 spiro atoms. The lowest BCUT2D eigenvalue weighted by Gasteiger charge is -2.35. The van der Waals surface area contributed by atoms with Crippen molar-refractivity contribution in [2.45, 2.75) is 43.5 Å². The molecule has 0 aliphatic heterocycles. The molecule has 0 amide bonds. The van der Waals surface area contributed by atoms with Gasteiger partial charge in [-0.05, 0) is 59.7 Å². The molecular formula is C28H30O3Si. The van der Waals surface area contributed by atoms with Crippen LogP contribution < -0.4 is 0 Å². The average Bonchev–Trinajstić information content (AvgIpc) is 3.34. The van der Waals surface area contributed by atoms with Crippen LogP contribution in [-0.4, -0.2) is 25.5 Å². The maximum absolute atomic E-state index is 12.4. The van der Waals surface area contributed by atoms with E-state index < -0.39 is 20.4 Å². The predicted molar refractivity (Wildman–Crippen MR) is 131 cm³/mol. The van der Waals surface area contributed by atoms with Gasteiger partial charge in [-0.25, -0.2) is 4.79 Å². The summed E-state index contributed by atoms with van der Waals surface area (Å²) in [5.74, 6) is -0.871. The van der Waals surface area contributed by atoms with Crippen LogP contribution in [0, 0.1) is 0 Å². The summed E-state index contributed by atoms with van der Waals surface area (Å²) in [6.07, 6.45) is 3.97. The maximum atomic E-state index is 12.4. The van der Waals surface area contributed by atoms with E-state index in [1.165, 1.54) is 16.7 Å². The van der Waals surface area contributed by atoms with Crippen molar-refractivity contribution < 1.29 is 14.3 Å². The third kappa shape index (κ3) is 5.84. The molecule has 0 saturated heterocycles. The molecule has 164 valence electrons. The van der Waals surface area contributed by atoms with Gasteiger partial charge in [-0.2, -0.15) is 0 Å². The van der Waals surface area contributed by atoms with Crippen LogP contribution >= 0.6 is 0 Å². The Bertz CT molecular complexity index is 931. The van der Waals surface area contributed by atoms with E-state index in [0.717, 1.165) is 43.0 Å². The van der Waals surface area contributed by atoms with Gasteiger partial charge in [0.05, 0.1) is 0 Å². The molecule has 1 N–H and O–H groups in total. The van der Waals surface area contributed by atoms with Gasteiger partial charge < -0.3 is 9.53 Å². The minimum atomic E-state index is -2.63. The molecule has 4 rings (SSSR count). The van der Waals surface area contributed by atoms with Crippen molar-refractivity contribution in [1.29, 1.82) is 0 Å². The van der Waals surface area contributed by atoms with Crippen LogP contribution in [0.25, 0.3) is 0 Å². The summed E-state index contributed by atoms with van der Waals surface area (Å²) in [5.41, 5.74) is 4.55. The van der Waals surface area contributed by atoms with Crippen molar-refractivity contribution in [1.82, 2.24) is 0 Å². The van der Waals surface area contributed by atoms with Gasteiger partial charge in [0.1, 0.15) is 0 Å². The molecule has 1 unspecified atom stereocenters. The molecule has 0 bridgehead atoms. The van der Waals surface area contributed by atoms with Gasteiger partial charge in [0.2, 0.25) is 8.32 Å². The Morgan fingerprint density at radius 3 is 1.56 bits per heavy atom. The lowest BCUT2D eigenvalue weighted by molar-refractivity contribution is -0.143. The average molecular weight is 443 g/mol. The summed E-state index contributed by atoms with van der Waals surface area (Å²) >= 11 is 0. The minimum absolute atomic E-state index is 0.773. The third-order valence-electron chi connectivity index (χ3n) is 6.11. The number of rotatable bonds is 10. The first kappa shape index (κ1) is 22.2. The lowest BCUT2D eigenvalue weighted by Crippen LogP contribution is -2.51. The predicted octanol–water partition coefficient (Wildman–Crippen LogP) is 5.86. The molecule has 0 saturated carbocycles. The molecule has 3 aromatic carbocycles. The lowest BCUT2D eigenvalue weighted by atomic mass is 10.1. The van der Waals surface area contributed by atoms with Gasteiger partial charge in [-0.3, -0.25) is 0 Å². The highest BCUT2D eigenvalue weighted by molar-refractivity contribution is 6.72. The Hall–Kier alpha value is -2.95. The molecule has 1 aliphatic carbocycles. The molecule has 0 aromatic heterocycles. The van der Waals surface area contributed by atoms with Crippen LogP contribution in [-0.2, 0) is 27.4 Å². The smallest absolute Gasteiger partial charge is 0.336 e. The summed E-state index contributed by atoms with van der Waals surface area (Å²) in [7, 11) is -2.63. The minimum Gasteiger partial charge on any atom is -0.479 e. The molecule has 32 heavy (non-hydrogen) atoms. The SMILES string of the molecule is O=C(O)C(O[Si](Cc1ccccc1)(Cc1ccccc1)Cc1ccccc1)C1=CCCC1. The van der Waals surface area contributed by atoms with E-state index in [4.69, 9.17) is 4.43 Å². The van der Waals surface area contributed by atoms with Crippen LogP contribution in [0.4, 0.5) is 0 Å². The highest BCUT2D eigenvalue weighted by Crippen LogP contribution is 2.30. The largest absolute Gasteiger partial charge is 0.479 e. The van der Waals surface area contributed by atoms with Crippen molar-refractivity contribution in [3.8, 4) is 0 Å². The Labute approximate surface area is 191 Å². The topological polar surface area (TPSA) is 46.5 Å². The van der Waals surface area contributed by atoms with Gasteiger partial charge in [-0.1, -0.05) is 97.1 Å². The standard InChI is InChI=1S/C28H30O3Si/c29-28(30)27(26-18-10-11-19-26)31-32(20-23-12-4-1-5-13-23,21-24-14-6-2-7-15-24)22-25-16-8-3-9-17-25/h1-9,12-18,27H,10-11,19-22H2,(H,29,30). The summed E-state index contributed by atoms with van der Waals surface area (Å²) in [4.78, 5) is 12.4. The fourth-order valence-electron chi connectivity index (χ4n) is 4.68. The number of aliphatic carboxylic acids is 1. The van der Waals surface area contributed by atoms with Crippen LogP contribution in [0.1, 0.15) is 36.0 Å². The maximum Gasteiger partial charge on any atom is 0.336 e. The second-order valence-electron chi connectivity index (χ2n) is 8.68. The Morgan fingerprint density at radius 2 is 1.22 bits per heavy atom. The highest BCUT2D eigenvalue weighted by Gasteiger charge is 2.41. The van der Waals surface area contributed by atoms with Crippen molar-refractivity contribution in [2.75, 3.05) is 0 Å². The fourth-order valence-corrected chi connectivity index (χ4v) is 9.00. The number of allylic oxidation sites excluding steroid dienone is 1. The first-order chi connectivity index (χ1) is 15.6. The monoisotopic (exact) mass is 442 g/mol. The van der Waals surface area contributed by atoms with Gasteiger partial charge in [0.25, 0.3) is 0 Å². The number of carboxylic acid groups (broad SMARTS) is 1. The molecule has 0 radical (unpaired) electrons. The first-order valence-electron chi connectivity index (χ1n) is 11.3. The quantitative estimate of drug-likeness (QED) is 0.316. The second kappa shape index (κ2) is 10.6. The highest BCUT2D eigenvalue weighted by atomic mass is 28.4. The van der Waals surface area contributed by atoms with Crippen molar-refractivity contribution >= 4 is 14.3 Å². The van der Waals surface area contributed by atoms with Gasteiger partial charge in [0, 0.05) is 0 Å². The molecule has 1 aliphatic rings. The third-order valence-corrected chi connectivity index (χ3v) is 10.0. The normalized spacial score (nSPS) is 14.7. The summed E-state index contributed by atoms with van der Waals surface area (Å²) in [6, 6.07) is 33.5. The number of hydrogen-bond acceptors (Lipinski definition) is 2. The van der Waals surface area contributed by atoms with Gasteiger partial charge in [-0.15, -0.1) is 0 Å². The Morgan fingerprint density at radius 1 is 0.781 bits per heavy atom. The number of hydrogen-bond donors (Lipinski definition) is 1. The zero-order valence-electron chi connectivity index (χ0n) is 18.3. The van der Waals surface area contributed by atoms with Gasteiger partial charge in [0.15, 0.2) is 6.10 Å². The first-order valence-corrected chi connectivity index (χ1v) is 13.9. The van der Waals surface area contributed by atoms with Crippen LogP contribution in [0.3, 0.4) is 0 Å². The fraction of sp³-hybridized carbons (Fsp3) is 0.250. The Kier molecular flexibility index (Phi) is 7.35. The molecule has 4 heteroatoms. The van der Waals surface area contributed by atoms with E-state index in [9.17, 15) is 9.90 Å². The van der Waals surface area contributed by atoms with Crippen molar-refractivity contribution in [3.63, 3.8) is 0 Å². The molecule has 0 fully saturated rings. The number of carbonyl (C=O) groups is 1. The van der Waals surface area contributed by atoms with E-state index in [1.807, 2.05) is 54.6 Å². The van der Waals surface area contributed by atoms with Crippen LogP contribution in [0.15, 0.2) is 103 Å². The Balaban J connectivity index is 1.76. The summed E-state index contributed by atoms with van der Waals surface area (Å²) in [6.45, 7) is 0. The van der Waals surface area contributed by atoms with Crippen LogP contribution in [0.5, 0.6) is 0 Å². The van der Waals surface area contributed by atoms with E-state index in [-0.39, 0.29) is 0 Å². The zero-order chi connectivity index (χ0) is 22.2. The molecule has 3 nitrogen and oxygen atoms in total. The molecule has 0 heterocycles. The van der Waals surface area contributed by atoms with E-state index in [0.29, 0.717) is 0 Å². The molecule has 3 aromatic rings. The van der Waals surface area contributed by atoms with Crippen molar-refractivity contribution in [3.05, 3.63) is 119 Å². The molecule has 1 atom stereocenters. The second-order valence-corrected chi connectivity index (χ2v) is 12.3. The van der Waals surface area contributed by atoms with Crippen molar-refractivity contribution in [2.24, 2.45) is 0 Å². The number of carboxylic acids is 1. The van der Waals surface area contributed by atoms with E-state index in [2.05, 4.69) is 42.5 Å². The van der Waals surface area contributed by atoms with E-state index in [1.54, 1.807) is 0 Å².